The summed E-state index contributed by atoms with van der Waals surface area (Å²) in [5, 5.41) is 0. The summed E-state index contributed by atoms with van der Waals surface area (Å²) in [6.07, 6.45) is 6.93. The van der Waals surface area contributed by atoms with Crippen LogP contribution < -0.4 is 9.47 Å². The van der Waals surface area contributed by atoms with Gasteiger partial charge < -0.3 is 9.47 Å². The van der Waals surface area contributed by atoms with Gasteiger partial charge in [-0.05, 0) is 34.4 Å². The molecule has 2 nitrogen and oxygen atoms in total. The minimum atomic E-state index is 0.425. The van der Waals surface area contributed by atoms with E-state index in [0.29, 0.717) is 11.8 Å². The molecule has 0 spiro atoms. The maximum atomic E-state index is 5.40. The van der Waals surface area contributed by atoms with Crippen molar-refractivity contribution in [1.82, 2.24) is 0 Å². The molecule has 22 heavy (non-hydrogen) atoms. The van der Waals surface area contributed by atoms with Gasteiger partial charge in [-0.1, -0.05) is 48.6 Å². The Morgan fingerprint density at radius 1 is 0.818 bits per heavy atom. The van der Waals surface area contributed by atoms with Crippen molar-refractivity contribution in [2.45, 2.75) is 11.8 Å². The minimum Gasteiger partial charge on any atom is -0.493 e. The van der Waals surface area contributed by atoms with Crippen LogP contribution in [0, 0.1) is 0 Å². The van der Waals surface area contributed by atoms with Crippen LogP contribution in [-0.2, 0) is 0 Å². The van der Waals surface area contributed by atoms with Gasteiger partial charge in [0.1, 0.15) is 0 Å². The topological polar surface area (TPSA) is 18.5 Å². The lowest BCUT2D eigenvalue weighted by Crippen LogP contribution is -1.92. The van der Waals surface area contributed by atoms with E-state index in [2.05, 4.69) is 48.6 Å². The van der Waals surface area contributed by atoms with Crippen molar-refractivity contribution in [3.63, 3.8) is 0 Å². The molecule has 0 aromatic heterocycles. The Balaban J connectivity index is 1.74. The molecule has 2 atom stereocenters. The molecule has 2 aliphatic rings. The Bertz CT molecular complexity index is 751. The van der Waals surface area contributed by atoms with Crippen LogP contribution in [0.25, 0.3) is 6.08 Å². The molecule has 2 bridgehead atoms. The second-order valence-corrected chi connectivity index (χ2v) is 5.73. The third kappa shape index (κ3) is 1.87. The Kier molecular flexibility index (Phi) is 3.04. The van der Waals surface area contributed by atoms with Gasteiger partial charge in [0, 0.05) is 11.8 Å². The molecular weight excluding hydrogens is 272 g/mol. The number of hydrogen-bond acceptors (Lipinski definition) is 2. The Labute approximate surface area is 130 Å². The molecule has 0 saturated heterocycles. The van der Waals surface area contributed by atoms with Crippen molar-refractivity contribution in [1.29, 1.82) is 0 Å². The van der Waals surface area contributed by atoms with Gasteiger partial charge in [0.25, 0.3) is 0 Å². The van der Waals surface area contributed by atoms with Crippen LogP contribution in [0.15, 0.2) is 60.2 Å². The van der Waals surface area contributed by atoms with E-state index >= 15 is 0 Å². The fourth-order valence-electron chi connectivity index (χ4n) is 3.60. The van der Waals surface area contributed by atoms with Crippen molar-refractivity contribution in [3.05, 3.63) is 76.9 Å². The van der Waals surface area contributed by atoms with E-state index in [1.807, 2.05) is 12.1 Å². The zero-order valence-corrected chi connectivity index (χ0v) is 12.7. The molecular formula is C20H18O2. The first-order chi connectivity index (χ1) is 10.8. The molecule has 110 valence electrons. The van der Waals surface area contributed by atoms with Gasteiger partial charge in [0.15, 0.2) is 11.5 Å². The summed E-state index contributed by atoms with van der Waals surface area (Å²) in [5.74, 6) is 2.39. The molecule has 0 N–H and O–H groups in total. The standard InChI is InChI=1S/C20H18O2/c1-21-19-10-7-13(12-20(19)22-2)11-18-16-8-9-17(18)15-6-4-3-5-14(15)16/h3-12,16-17H,1-2H3. The van der Waals surface area contributed by atoms with Gasteiger partial charge in [-0.15, -0.1) is 0 Å². The van der Waals surface area contributed by atoms with E-state index in [4.69, 9.17) is 9.47 Å². The molecule has 0 saturated carbocycles. The molecule has 4 rings (SSSR count). The summed E-state index contributed by atoms with van der Waals surface area (Å²) in [7, 11) is 3.33. The first kappa shape index (κ1) is 13.2. The highest BCUT2D eigenvalue weighted by Gasteiger charge is 2.36. The quantitative estimate of drug-likeness (QED) is 0.773. The molecule has 2 unspecified atom stereocenters. The molecule has 0 radical (unpaired) electrons. The average Bonchev–Trinajstić information content (AvgIpc) is 3.10. The zero-order chi connectivity index (χ0) is 15.1. The van der Waals surface area contributed by atoms with Gasteiger partial charge in [-0.3, -0.25) is 0 Å². The molecule has 2 heteroatoms. The van der Waals surface area contributed by atoms with Crippen LogP contribution in [0.2, 0.25) is 0 Å². The maximum Gasteiger partial charge on any atom is 0.161 e. The molecule has 0 amide bonds. The number of ether oxygens (including phenoxy) is 2. The number of methoxy groups -OCH3 is 2. The molecule has 0 aliphatic heterocycles. The summed E-state index contributed by atoms with van der Waals surface area (Å²) in [4.78, 5) is 0. The van der Waals surface area contributed by atoms with Crippen LogP contribution in [-0.4, -0.2) is 14.2 Å². The number of rotatable bonds is 3. The predicted molar refractivity (Wildman–Crippen MR) is 88.6 cm³/mol. The Hall–Kier alpha value is -2.48. The predicted octanol–water partition coefficient (Wildman–Crippen LogP) is 4.54. The third-order valence-corrected chi connectivity index (χ3v) is 4.62. The van der Waals surface area contributed by atoms with Crippen molar-refractivity contribution >= 4 is 6.08 Å². The summed E-state index contributed by atoms with van der Waals surface area (Å²) in [6.45, 7) is 0. The van der Waals surface area contributed by atoms with Crippen molar-refractivity contribution in [2.75, 3.05) is 14.2 Å². The first-order valence-corrected chi connectivity index (χ1v) is 7.52. The van der Waals surface area contributed by atoms with Gasteiger partial charge in [0.2, 0.25) is 0 Å². The van der Waals surface area contributed by atoms with E-state index in [9.17, 15) is 0 Å². The first-order valence-electron chi connectivity index (χ1n) is 7.52. The SMILES string of the molecule is COc1ccc(C=C2C3C=CC2c2ccccc23)cc1OC. The van der Waals surface area contributed by atoms with Crippen LogP contribution >= 0.6 is 0 Å². The van der Waals surface area contributed by atoms with Gasteiger partial charge >= 0.3 is 0 Å². The smallest absolute Gasteiger partial charge is 0.161 e. The number of fused-ring (bicyclic) bond motifs is 5. The lowest BCUT2D eigenvalue weighted by atomic mass is 9.97. The van der Waals surface area contributed by atoms with Crippen molar-refractivity contribution in [3.8, 4) is 11.5 Å². The maximum absolute atomic E-state index is 5.40. The summed E-state index contributed by atoms with van der Waals surface area (Å²) in [6, 6.07) is 14.8. The summed E-state index contributed by atoms with van der Waals surface area (Å²) in [5.41, 5.74) is 5.50. The largest absolute Gasteiger partial charge is 0.493 e. The highest BCUT2D eigenvalue weighted by molar-refractivity contribution is 5.69. The number of allylic oxidation sites excluding steroid dienone is 3. The van der Waals surface area contributed by atoms with Crippen LogP contribution in [0.5, 0.6) is 11.5 Å². The fraction of sp³-hybridized carbons (Fsp3) is 0.200. The molecule has 2 aliphatic carbocycles. The van der Waals surface area contributed by atoms with Gasteiger partial charge in [0.05, 0.1) is 14.2 Å². The minimum absolute atomic E-state index is 0.425. The normalized spacial score (nSPS) is 20.9. The summed E-state index contributed by atoms with van der Waals surface area (Å²) < 4.78 is 10.7. The Morgan fingerprint density at radius 3 is 2.05 bits per heavy atom. The molecule has 2 aromatic carbocycles. The van der Waals surface area contributed by atoms with E-state index in [1.165, 1.54) is 16.7 Å². The highest BCUT2D eigenvalue weighted by Crippen LogP contribution is 2.53. The molecule has 0 fully saturated rings. The lowest BCUT2D eigenvalue weighted by Gasteiger charge is -2.10. The Morgan fingerprint density at radius 2 is 1.45 bits per heavy atom. The van der Waals surface area contributed by atoms with Gasteiger partial charge in [-0.2, -0.15) is 0 Å². The lowest BCUT2D eigenvalue weighted by molar-refractivity contribution is 0.355. The van der Waals surface area contributed by atoms with Gasteiger partial charge in [-0.25, -0.2) is 0 Å². The summed E-state index contributed by atoms with van der Waals surface area (Å²) >= 11 is 0. The molecule has 2 aromatic rings. The van der Waals surface area contributed by atoms with E-state index in [0.717, 1.165) is 17.1 Å². The molecule has 0 heterocycles. The second-order valence-electron chi connectivity index (χ2n) is 5.73. The highest BCUT2D eigenvalue weighted by atomic mass is 16.5. The van der Waals surface area contributed by atoms with E-state index in [-0.39, 0.29) is 0 Å². The monoisotopic (exact) mass is 290 g/mol. The number of hydrogen-bond donors (Lipinski definition) is 0. The zero-order valence-electron chi connectivity index (χ0n) is 12.7. The van der Waals surface area contributed by atoms with Crippen LogP contribution in [0.3, 0.4) is 0 Å². The van der Waals surface area contributed by atoms with E-state index < -0.39 is 0 Å². The van der Waals surface area contributed by atoms with E-state index in [1.54, 1.807) is 14.2 Å². The third-order valence-electron chi connectivity index (χ3n) is 4.62. The van der Waals surface area contributed by atoms with Crippen molar-refractivity contribution in [2.24, 2.45) is 0 Å². The second kappa shape index (κ2) is 5.06. The van der Waals surface area contributed by atoms with Crippen LogP contribution in [0.4, 0.5) is 0 Å². The average molecular weight is 290 g/mol. The number of benzene rings is 2. The van der Waals surface area contributed by atoms with Crippen molar-refractivity contribution < 1.29 is 9.47 Å². The fourth-order valence-corrected chi connectivity index (χ4v) is 3.60. The van der Waals surface area contributed by atoms with Crippen LogP contribution in [0.1, 0.15) is 28.5 Å².